The molecule has 0 radical (unpaired) electrons. The summed E-state index contributed by atoms with van der Waals surface area (Å²) in [5, 5.41) is 15.9. The first-order valence-electron chi connectivity index (χ1n) is 11.3. The minimum absolute atomic E-state index is 0.0674. The number of benzene rings is 1. The van der Waals surface area contributed by atoms with Gasteiger partial charge in [0.2, 0.25) is 5.91 Å². The number of nitrogens with zero attached hydrogens (tertiary/aromatic N) is 2. The number of carbonyl (C=O) groups excluding carboxylic acids is 1. The third-order valence-electron chi connectivity index (χ3n) is 7.02. The van der Waals surface area contributed by atoms with E-state index in [1.165, 1.54) is 6.20 Å². The number of aromatic nitrogens is 1. The van der Waals surface area contributed by atoms with Crippen LogP contribution in [0.5, 0.6) is 0 Å². The monoisotopic (exact) mass is 459 g/mol. The Labute approximate surface area is 190 Å². The van der Waals surface area contributed by atoms with E-state index in [2.05, 4.69) is 21.7 Å². The summed E-state index contributed by atoms with van der Waals surface area (Å²) in [6, 6.07) is 8.69. The maximum atomic E-state index is 13.8. The van der Waals surface area contributed by atoms with Gasteiger partial charge in [-0.2, -0.15) is 18.4 Å². The van der Waals surface area contributed by atoms with E-state index in [1.54, 1.807) is 24.3 Å². The van der Waals surface area contributed by atoms with Crippen LogP contribution in [0.4, 0.5) is 13.2 Å². The van der Waals surface area contributed by atoms with Crippen molar-refractivity contribution in [2.24, 2.45) is 11.7 Å². The predicted octanol–water partition coefficient (Wildman–Crippen LogP) is 3.64. The van der Waals surface area contributed by atoms with E-state index in [4.69, 9.17) is 5.73 Å². The molecule has 176 valence electrons. The van der Waals surface area contributed by atoms with Crippen LogP contribution in [-0.2, 0) is 10.3 Å². The zero-order chi connectivity index (χ0) is 23.7. The van der Waals surface area contributed by atoms with Crippen LogP contribution >= 0.6 is 0 Å². The van der Waals surface area contributed by atoms with Crippen molar-refractivity contribution in [3.8, 4) is 6.07 Å². The predicted molar refractivity (Wildman–Crippen MR) is 118 cm³/mol. The average molecular weight is 460 g/mol. The first-order chi connectivity index (χ1) is 15.7. The molecule has 1 aromatic heterocycles. The normalized spacial score (nSPS) is 25.4. The number of hydrogen-bond donors (Lipinski definition) is 3. The van der Waals surface area contributed by atoms with Crippen molar-refractivity contribution in [1.82, 2.24) is 15.6 Å². The molecule has 1 amide bonds. The van der Waals surface area contributed by atoms with Crippen LogP contribution in [0, 0.1) is 17.2 Å². The average Bonchev–Trinajstić information content (AvgIpc) is 2.78. The molecule has 4 rings (SSSR count). The van der Waals surface area contributed by atoms with E-state index in [9.17, 15) is 23.2 Å². The van der Waals surface area contributed by atoms with Crippen LogP contribution in [0.15, 0.2) is 30.5 Å². The molecule has 2 aromatic rings. The number of nitrogens with two attached hydrogens (primary N) is 1. The standard InChI is InChI=1S/C24H28F3N5O/c25-24(26,27)17-11-23(15-30-14-17,32-20(33)12-22(29)8-2-1-3-9-22)19-7-6-16(13-28)21-18(19)5-4-10-31-21/h4-7,10,17,30H,1-3,8-9,11-12,14-15,29H2,(H,32,33)/t17-,23-/m1/s1. The zero-order valence-electron chi connectivity index (χ0n) is 18.3. The lowest BCUT2D eigenvalue weighted by Crippen LogP contribution is -2.60. The molecular formula is C24H28F3N5O. The Balaban J connectivity index is 1.75. The number of carbonyl (C=O) groups is 1. The molecule has 1 saturated carbocycles. The molecule has 2 atom stereocenters. The number of piperidine rings is 1. The second kappa shape index (κ2) is 8.92. The maximum absolute atomic E-state index is 13.8. The fourth-order valence-electron chi connectivity index (χ4n) is 5.37. The summed E-state index contributed by atoms with van der Waals surface area (Å²) >= 11 is 0. The molecule has 2 aliphatic rings. The van der Waals surface area contributed by atoms with Crippen LogP contribution in [0.2, 0.25) is 0 Å². The van der Waals surface area contributed by atoms with Crippen LogP contribution in [0.1, 0.15) is 56.1 Å². The molecule has 1 aliphatic carbocycles. The first kappa shape index (κ1) is 23.5. The summed E-state index contributed by atoms with van der Waals surface area (Å²) in [6.45, 7) is -0.0762. The van der Waals surface area contributed by atoms with Gasteiger partial charge in [-0.1, -0.05) is 31.4 Å². The smallest absolute Gasteiger partial charge is 0.345 e. The fraction of sp³-hybridized carbons (Fsp3) is 0.542. The van der Waals surface area contributed by atoms with Gasteiger partial charge in [0, 0.05) is 36.6 Å². The molecule has 1 aliphatic heterocycles. The largest absolute Gasteiger partial charge is 0.393 e. The molecule has 1 saturated heterocycles. The Morgan fingerprint density at radius 1 is 1.27 bits per heavy atom. The molecule has 0 unspecified atom stereocenters. The van der Waals surface area contributed by atoms with Gasteiger partial charge in [0.05, 0.1) is 22.5 Å². The van der Waals surface area contributed by atoms with Crippen LogP contribution in [-0.4, -0.2) is 35.7 Å². The molecule has 2 heterocycles. The van der Waals surface area contributed by atoms with E-state index in [1.807, 2.05) is 0 Å². The van der Waals surface area contributed by atoms with Gasteiger partial charge < -0.3 is 16.4 Å². The highest BCUT2D eigenvalue weighted by molar-refractivity contribution is 5.89. The number of amides is 1. The van der Waals surface area contributed by atoms with Crippen molar-refractivity contribution in [2.75, 3.05) is 13.1 Å². The Morgan fingerprint density at radius 3 is 2.73 bits per heavy atom. The number of fused-ring (bicyclic) bond motifs is 1. The summed E-state index contributed by atoms with van der Waals surface area (Å²) in [7, 11) is 0. The first-order valence-corrected chi connectivity index (χ1v) is 11.3. The SMILES string of the molecule is N#Cc1ccc([C@]2(NC(=O)CC3(N)CCCCC3)CNC[C@H](C(F)(F)F)C2)c2cccnc12. The quantitative estimate of drug-likeness (QED) is 0.648. The molecular weight excluding hydrogens is 431 g/mol. The van der Waals surface area contributed by atoms with Crippen molar-refractivity contribution in [3.05, 3.63) is 41.6 Å². The lowest BCUT2D eigenvalue weighted by Gasteiger charge is -2.44. The molecule has 0 bridgehead atoms. The molecule has 6 nitrogen and oxygen atoms in total. The number of hydrogen-bond acceptors (Lipinski definition) is 5. The highest BCUT2D eigenvalue weighted by Gasteiger charge is 2.50. The van der Waals surface area contributed by atoms with Gasteiger partial charge in [0.1, 0.15) is 6.07 Å². The highest BCUT2D eigenvalue weighted by atomic mass is 19.4. The number of pyridine rings is 1. The van der Waals surface area contributed by atoms with Gasteiger partial charge in [0.25, 0.3) is 0 Å². The number of alkyl halides is 3. The Kier molecular flexibility index (Phi) is 6.34. The van der Waals surface area contributed by atoms with Gasteiger partial charge in [-0.25, -0.2) is 0 Å². The summed E-state index contributed by atoms with van der Waals surface area (Å²) in [5.74, 6) is -1.99. The number of rotatable bonds is 4. The summed E-state index contributed by atoms with van der Waals surface area (Å²) in [6.07, 6.45) is 1.30. The maximum Gasteiger partial charge on any atom is 0.393 e. The Morgan fingerprint density at radius 2 is 2.03 bits per heavy atom. The van der Waals surface area contributed by atoms with Gasteiger partial charge in [-0.15, -0.1) is 0 Å². The van der Waals surface area contributed by atoms with E-state index in [-0.39, 0.29) is 31.8 Å². The van der Waals surface area contributed by atoms with E-state index < -0.39 is 23.2 Å². The molecule has 2 fully saturated rings. The molecule has 4 N–H and O–H groups in total. The minimum atomic E-state index is -4.41. The third-order valence-corrected chi connectivity index (χ3v) is 7.02. The topological polar surface area (TPSA) is 104 Å². The number of nitriles is 1. The van der Waals surface area contributed by atoms with E-state index in [0.29, 0.717) is 22.0 Å². The minimum Gasteiger partial charge on any atom is -0.345 e. The van der Waals surface area contributed by atoms with Gasteiger partial charge in [0.15, 0.2) is 0 Å². The van der Waals surface area contributed by atoms with Crippen molar-refractivity contribution in [1.29, 1.82) is 5.26 Å². The van der Waals surface area contributed by atoms with Crippen LogP contribution < -0.4 is 16.4 Å². The molecule has 1 aromatic carbocycles. The summed E-state index contributed by atoms with van der Waals surface area (Å²) in [4.78, 5) is 17.5. The molecule has 0 spiro atoms. The lowest BCUT2D eigenvalue weighted by atomic mass is 9.75. The van der Waals surface area contributed by atoms with Crippen LogP contribution in [0.25, 0.3) is 10.9 Å². The van der Waals surface area contributed by atoms with Crippen molar-refractivity contribution >= 4 is 16.8 Å². The summed E-state index contributed by atoms with van der Waals surface area (Å²) < 4.78 is 41.3. The second-order valence-electron chi connectivity index (χ2n) is 9.48. The van der Waals surface area contributed by atoms with E-state index >= 15 is 0 Å². The highest BCUT2D eigenvalue weighted by Crippen LogP contribution is 2.41. The fourth-order valence-corrected chi connectivity index (χ4v) is 5.37. The zero-order valence-corrected chi connectivity index (χ0v) is 18.3. The summed E-state index contributed by atoms with van der Waals surface area (Å²) in [5.41, 5.74) is 5.78. The Hall–Kier alpha value is -2.70. The van der Waals surface area contributed by atoms with Crippen molar-refractivity contribution < 1.29 is 18.0 Å². The Bertz CT molecular complexity index is 1070. The van der Waals surface area contributed by atoms with Gasteiger partial charge in [-0.05, 0) is 37.0 Å². The van der Waals surface area contributed by atoms with Gasteiger partial charge in [-0.3, -0.25) is 9.78 Å². The number of halogens is 3. The second-order valence-corrected chi connectivity index (χ2v) is 9.48. The molecule has 33 heavy (non-hydrogen) atoms. The van der Waals surface area contributed by atoms with Gasteiger partial charge >= 0.3 is 6.18 Å². The van der Waals surface area contributed by atoms with Crippen molar-refractivity contribution in [3.63, 3.8) is 0 Å². The lowest BCUT2D eigenvalue weighted by molar-refractivity contribution is -0.185. The third kappa shape index (κ3) is 4.82. The molecule has 9 heteroatoms. The van der Waals surface area contributed by atoms with E-state index in [0.717, 1.165) is 32.1 Å². The van der Waals surface area contributed by atoms with Crippen LogP contribution in [0.3, 0.4) is 0 Å². The number of nitrogens with one attached hydrogen (secondary N) is 2. The van der Waals surface area contributed by atoms with Crippen molar-refractivity contribution in [2.45, 2.75) is 62.2 Å².